The second kappa shape index (κ2) is 1.64. The summed E-state index contributed by atoms with van der Waals surface area (Å²) in [6.45, 7) is 2.01. The fraction of sp³-hybridized carbons (Fsp3) is 0.333. The van der Waals surface area contributed by atoms with Gasteiger partial charge in [-0.05, 0) is 6.92 Å². The average molecular weight is 138 g/mol. The van der Waals surface area contributed by atoms with Crippen LogP contribution >= 0.6 is 11.3 Å². The zero-order valence-corrected chi connectivity index (χ0v) is 5.90. The zero-order valence-electron chi connectivity index (χ0n) is 5.09. The van der Waals surface area contributed by atoms with Gasteiger partial charge < -0.3 is 0 Å². The molecule has 1 aliphatic rings. The normalized spacial score (nSPS) is 14.3. The lowest BCUT2D eigenvalue weighted by Crippen LogP contribution is -1.79. The van der Waals surface area contributed by atoms with E-state index in [0.29, 0.717) is 0 Å². The Balaban J connectivity index is 2.61. The molecular weight excluding hydrogens is 132 g/mol. The molecule has 0 unspecified atom stereocenters. The smallest absolute Gasteiger partial charge is 0.139 e. The van der Waals surface area contributed by atoms with Crippen LogP contribution < -0.4 is 0 Å². The number of nitrogens with zero attached hydrogens (tertiary/aromatic N) is 2. The van der Waals surface area contributed by atoms with Crippen LogP contribution in [-0.4, -0.2) is 11.2 Å². The SMILES string of the molecule is Cc1nc2c(s1)N=CC2. The van der Waals surface area contributed by atoms with Crippen LogP contribution in [0.1, 0.15) is 10.7 Å². The molecule has 3 heteroatoms. The molecule has 46 valence electrons. The Hall–Kier alpha value is -0.700. The summed E-state index contributed by atoms with van der Waals surface area (Å²) in [6.07, 6.45) is 2.84. The zero-order chi connectivity index (χ0) is 6.27. The van der Waals surface area contributed by atoms with E-state index in [1.54, 1.807) is 11.3 Å². The monoisotopic (exact) mass is 138 g/mol. The van der Waals surface area contributed by atoms with Gasteiger partial charge in [-0.2, -0.15) is 0 Å². The van der Waals surface area contributed by atoms with Crippen molar-refractivity contribution in [2.75, 3.05) is 0 Å². The Bertz CT molecular complexity index is 262. The molecule has 2 nitrogen and oxygen atoms in total. The lowest BCUT2D eigenvalue weighted by molar-refractivity contribution is 1.18. The van der Waals surface area contributed by atoms with Crippen LogP contribution in [-0.2, 0) is 6.42 Å². The summed E-state index contributed by atoms with van der Waals surface area (Å²) in [5.41, 5.74) is 1.15. The third-order valence-electron chi connectivity index (χ3n) is 1.28. The molecular formula is C6H6N2S. The van der Waals surface area contributed by atoms with Crippen LogP contribution in [0.4, 0.5) is 5.00 Å². The minimum atomic E-state index is 0.930. The van der Waals surface area contributed by atoms with E-state index in [1.165, 1.54) is 0 Å². The van der Waals surface area contributed by atoms with Crippen LogP contribution in [0.3, 0.4) is 0 Å². The Labute approximate surface area is 57.3 Å². The summed E-state index contributed by atoms with van der Waals surface area (Å²) in [5, 5.41) is 2.23. The summed E-state index contributed by atoms with van der Waals surface area (Å²) >= 11 is 1.67. The van der Waals surface area contributed by atoms with Gasteiger partial charge in [0.25, 0.3) is 0 Å². The van der Waals surface area contributed by atoms with Crippen LogP contribution in [0, 0.1) is 6.92 Å². The van der Waals surface area contributed by atoms with E-state index in [2.05, 4.69) is 9.98 Å². The van der Waals surface area contributed by atoms with Crippen molar-refractivity contribution in [2.45, 2.75) is 13.3 Å². The molecule has 0 bridgehead atoms. The highest BCUT2D eigenvalue weighted by Crippen LogP contribution is 2.30. The molecule has 0 fully saturated rings. The van der Waals surface area contributed by atoms with Crippen LogP contribution in [0.2, 0.25) is 0 Å². The van der Waals surface area contributed by atoms with Gasteiger partial charge in [0.05, 0.1) is 10.7 Å². The fourth-order valence-electron chi connectivity index (χ4n) is 0.908. The van der Waals surface area contributed by atoms with Gasteiger partial charge in [-0.3, -0.25) is 0 Å². The molecule has 0 aliphatic carbocycles. The predicted molar refractivity (Wildman–Crippen MR) is 38.7 cm³/mol. The van der Waals surface area contributed by atoms with Crippen LogP contribution in [0.5, 0.6) is 0 Å². The highest BCUT2D eigenvalue weighted by atomic mass is 32.1. The number of hydrogen-bond acceptors (Lipinski definition) is 3. The number of fused-ring (bicyclic) bond motifs is 1. The van der Waals surface area contributed by atoms with E-state index < -0.39 is 0 Å². The van der Waals surface area contributed by atoms with Crippen molar-refractivity contribution in [3.63, 3.8) is 0 Å². The predicted octanol–water partition coefficient (Wildman–Crippen LogP) is 1.71. The Morgan fingerprint density at radius 1 is 1.67 bits per heavy atom. The number of aromatic nitrogens is 1. The third-order valence-corrected chi connectivity index (χ3v) is 2.20. The van der Waals surface area contributed by atoms with Crippen molar-refractivity contribution < 1.29 is 0 Å². The average Bonchev–Trinajstić information content (AvgIpc) is 2.22. The second-order valence-corrected chi connectivity index (χ2v) is 3.18. The number of hydrogen-bond donors (Lipinski definition) is 0. The largest absolute Gasteiger partial charge is 0.248 e. The molecule has 2 rings (SSSR count). The summed E-state index contributed by atoms with van der Waals surface area (Å²) in [4.78, 5) is 8.44. The minimum Gasteiger partial charge on any atom is -0.248 e. The van der Waals surface area contributed by atoms with Gasteiger partial charge >= 0.3 is 0 Å². The molecule has 9 heavy (non-hydrogen) atoms. The first-order valence-electron chi connectivity index (χ1n) is 2.85. The first-order chi connectivity index (χ1) is 4.36. The summed E-state index contributed by atoms with van der Waals surface area (Å²) < 4.78 is 0. The van der Waals surface area contributed by atoms with Crippen molar-refractivity contribution in [3.8, 4) is 0 Å². The fourth-order valence-corrected chi connectivity index (χ4v) is 1.72. The van der Waals surface area contributed by atoms with Gasteiger partial charge in [0, 0.05) is 12.6 Å². The van der Waals surface area contributed by atoms with Crippen molar-refractivity contribution in [2.24, 2.45) is 4.99 Å². The standard InChI is InChI=1S/C6H6N2S/c1-4-8-5-2-3-7-6(5)9-4/h3H,2H2,1H3. The van der Waals surface area contributed by atoms with Gasteiger partial charge in [-0.1, -0.05) is 11.3 Å². The third kappa shape index (κ3) is 0.685. The first kappa shape index (κ1) is 5.11. The molecule has 0 aromatic carbocycles. The molecule has 0 saturated carbocycles. The maximum atomic E-state index is 4.28. The molecule has 1 aromatic heterocycles. The minimum absolute atomic E-state index is 0.930. The number of aliphatic imine (C=N–C) groups is 1. The quantitative estimate of drug-likeness (QED) is 0.535. The molecule has 0 saturated heterocycles. The number of rotatable bonds is 0. The lowest BCUT2D eigenvalue weighted by Gasteiger charge is -1.76. The molecule has 0 spiro atoms. The van der Waals surface area contributed by atoms with Crippen LogP contribution in [0.15, 0.2) is 4.99 Å². The van der Waals surface area contributed by atoms with E-state index in [9.17, 15) is 0 Å². The Morgan fingerprint density at radius 2 is 2.56 bits per heavy atom. The highest BCUT2D eigenvalue weighted by molar-refractivity contribution is 7.15. The first-order valence-corrected chi connectivity index (χ1v) is 3.67. The maximum absolute atomic E-state index is 4.28. The van der Waals surface area contributed by atoms with E-state index in [-0.39, 0.29) is 0 Å². The summed E-state index contributed by atoms with van der Waals surface area (Å²) in [6, 6.07) is 0. The lowest BCUT2D eigenvalue weighted by atomic mass is 10.4. The topological polar surface area (TPSA) is 25.2 Å². The van der Waals surface area contributed by atoms with Gasteiger partial charge in [-0.25, -0.2) is 9.98 Å². The number of aryl methyl sites for hydroxylation is 1. The summed E-state index contributed by atoms with van der Waals surface area (Å²) in [7, 11) is 0. The highest BCUT2D eigenvalue weighted by Gasteiger charge is 2.10. The molecule has 0 atom stereocenters. The van der Waals surface area contributed by atoms with Crippen molar-refractivity contribution >= 4 is 22.6 Å². The van der Waals surface area contributed by atoms with E-state index in [1.807, 2.05) is 13.1 Å². The second-order valence-electron chi connectivity index (χ2n) is 2.00. The molecule has 0 radical (unpaired) electrons. The molecule has 0 N–H and O–H groups in total. The molecule has 1 aliphatic heterocycles. The van der Waals surface area contributed by atoms with Crippen molar-refractivity contribution in [1.82, 2.24) is 4.98 Å². The van der Waals surface area contributed by atoms with Gasteiger partial charge in [0.15, 0.2) is 0 Å². The molecule has 0 amide bonds. The van der Waals surface area contributed by atoms with Gasteiger partial charge in [-0.15, -0.1) is 0 Å². The van der Waals surface area contributed by atoms with Crippen LogP contribution in [0.25, 0.3) is 0 Å². The maximum Gasteiger partial charge on any atom is 0.139 e. The van der Waals surface area contributed by atoms with Crippen molar-refractivity contribution in [1.29, 1.82) is 0 Å². The summed E-state index contributed by atoms with van der Waals surface area (Å²) in [5.74, 6) is 0. The van der Waals surface area contributed by atoms with E-state index in [0.717, 1.165) is 22.1 Å². The van der Waals surface area contributed by atoms with Gasteiger partial charge in [0.2, 0.25) is 0 Å². The molecule has 1 aromatic rings. The van der Waals surface area contributed by atoms with E-state index in [4.69, 9.17) is 0 Å². The van der Waals surface area contributed by atoms with Crippen molar-refractivity contribution in [3.05, 3.63) is 10.7 Å². The molecule has 2 heterocycles. The Kier molecular flexibility index (Phi) is 0.931. The number of thiazole rings is 1. The van der Waals surface area contributed by atoms with E-state index >= 15 is 0 Å². The Morgan fingerprint density at radius 3 is 3.33 bits per heavy atom. The van der Waals surface area contributed by atoms with Gasteiger partial charge in [0.1, 0.15) is 5.00 Å².